The molecular formula is C92H105Cl2F3N12O13S4. The van der Waals surface area contributed by atoms with Crippen molar-refractivity contribution in [2.45, 2.75) is 117 Å². The molecule has 7 aromatic carbocycles. The number of anilines is 4. The normalized spacial score (nSPS) is 18.0. The molecule has 2 amide bonds. The molecule has 0 bridgehead atoms. The number of hydrogen-bond acceptors (Lipinski definition) is 22. The fourth-order valence-corrected chi connectivity index (χ4v) is 21.1. The largest absolute Gasteiger partial charge is 0.501 e. The van der Waals surface area contributed by atoms with Crippen LogP contribution in [0.2, 0.25) is 10.0 Å². The van der Waals surface area contributed by atoms with Crippen LogP contribution in [0, 0.1) is 26.9 Å². The van der Waals surface area contributed by atoms with E-state index in [2.05, 4.69) is 102 Å². The number of alkyl halides is 3. The summed E-state index contributed by atoms with van der Waals surface area (Å²) in [6.45, 7) is 22.0. The molecule has 0 radical (unpaired) electrons. The van der Waals surface area contributed by atoms with E-state index in [4.69, 9.17) is 37.4 Å². The maximum absolute atomic E-state index is 14.2. The highest BCUT2D eigenvalue weighted by molar-refractivity contribution is 7.99. The van der Waals surface area contributed by atoms with Crippen LogP contribution in [-0.4, -0.2) is 202 Å². The molecule has 4 fully saturated rings. The van der Waals surface area contributed by atoms with E-state index in [1.807, 2.05) is 65.4 Å². The van der Waals surface area contributed by atoms with Gasteiger partial charge in [0.2, 0.25) is 0 Å². The standard InChI is InChI=1S/C47H55ClF3N5O6S3.C45H50ClN7O7S/c1-46(2)20-18-42(34-8-12-37(48)13-9-34)36(31-46)32-55-22-24-56(25-23-55)39-14-10-35(11-15-39)45(57)53-65(60,61)41-16-17-43(44(30-41)64(58,59)47(49,50)51)52-38(19-21-54-26-28-62-29-27-54)33-63-40-6-4-3-5-7-40;1-45(2)15-11-33(39(26-45)31-3-5-34(46)6-4-31)29-51-17-19-52(20-18-51)35-7-9-38(42(24-35)60-36-23-32-12-16-47-43(32)49-28-36)44(54)50-61(57,58)37-8-10-40(41(25-37)53(55)56)48-27-30-13-21-59-22-14-30/h3-17,30,38,52H,18-29,31-33H2,1-2H3,(H,53,57);3-10,12,16,23-25,28,30,48H,11,13-15,17-22,26-27,29H2,1-2H3,(H,47,49)(H,50,54)/t38-;/m1./s1. The summed E-state index contributed by atoms with van der Waals surface area (Å²) in [5.74, 6) is -0.848. The highest BCUT2D eigenvalue weighted by Gasteiger charge is 2.49. The lowest BCUT2D eigenvalue weighted by Crippen LogP contribution is -2.47. The van der Waals surface area contributed by atoms with Gasteiger partial charge >= 0.3 is 5.51 Å². The molecule has 5 N–H and O–H groups in total. The minimum absolute atomic E-state index is 0.00186. The molecule has 6 heterocycles. The molecule has 15 rings (SSSR count). The molecular weight excluding hydrogens is 1740 g/mol. The number of morpholine rings is 1. The lowest BCUT2D eigenvalue weighted by atomic mass is 9.72. The summed E-state index contributed by atoms with van der Waals surface area (Å²) in [4.78, 5) is 56.1. The number of benzene rings is 7. The number of allylic oxidation sites excluding steroid dienone is 2. The van der Waals surface area contributed by atoms with E-state index in [-0.39, 0.29) is 39.3 Å². The highest BCUT2D eigenvalue weighted by Crippen LogP contribution is 2.46. The number of aromatic nitrogens is 2. The van der Waals surface area contributed by atoms with Crippen LogP contribution in [0.1, 0.15) is 117 Å². The summed E-state index contributed by atoms with van der Waals surface area (Å²) in [7, 11) is -15.4. The first-order chi connectivity index (χ1) is 60.2. The highest BCUT2D eigenvalue weighted by atomic mass is 35.5. The second-order valence-electron chi connectivity index (χ2n) is 34.4. The van der Waals surface area contributed by atoms with E-state index in [9.17, 15) is 58.1 Å². The Bertz CT molecular complexity index is 5810. The van der Waals surface area contributed by atoms with E-state index in [0.29, 0.717) is 87.3 Å². The number of thioether (sulfide) groups is 1. The van der Waals surface area contributed by atoms with Crippen LogP contribution in [0.4, 0.5) is 41.6 Å². The fourth-order valence-electron chi connectivity index (χ4n) is 16.9. The Morgan fingerprint density at radius 1 is 0.635 bits per heavy atom. The summed E-state index contributed by atoms with van der Waals surface area (Å²) >= 11 is 13.9. The third-order valence-electron chi connectivity index (χ3n) is 24.1. The van der Waals surface area contributed by atoms with Gasteiger partial charge in [-0.05, 0) is 212 Å². The third kappa shape index (κ3) is 23.9. The van der Waals surface area contributed by atoms with Crippen LogP contribution in [0.5, 0.6) is 11.5 Å². The van der Waals surface area contributed by atoms with Gasteiger partial charge in [0.05, 0.1) is 45.4 Å². The lowest BCUT2D eigenvalue weighted by molar-refractivity contribution is -0.384. The van der Waals surface area contributed by atoms with Crippen molar-refractivity contribution in [2.75, 3.05) is 144 Å². The molecule has 4 saturated heterocycles. The summed E-state index contributed by atoms with van der Waals surface area (Å²) < 4.78 is 144. The maximum Gasteiger partial charge on any atom is 0.501 e. The molecule has 0 spiro atoms. The summed E-state index contributed by atoms with van der Waals surface area (Å²) in [5.41, 5.74) is 4.54. The van der Waals surface area contributed by atoms with Crippen LogP contribution >= 0.6 is 35.0 Å². The first kappa shape index (κ1) is 92.6. The Balaban J connectivity index is 0.000000205. The van der Waals surface area contributed by atoms with Gasteiger partial charge in [0.15, 0.2) is 0 Å². The zero-order valence-electron chi connectivity index (χ0n) is 70.7. The van der Waals surface area contributed by atoms with Gasteiger partial charge in [-0.1, -0.05) is 105 Å². The van der Waals surface area contributed by atoms with Gasteiger partial charge in [0.1, 0.15) is 27.7 Å². The molecule has 2 aromatic heterocycles. The number of sulfonamides is 2. The second kappa shape index (κ2) is 40.4. The number of aromatic amines is 1. The van der Waals surface area contributed by atoms with Crippen LogP contribution < -0.4 is 34.6 Å². The Morgan fingerprint density at radius 3 is 1.86 bits per heavy atom. The zero-order valence-corrected chi connectivity index (χ0v) is 75.5. The number of nitrogens with one attached hydrogen (secondary N) is 5. The van der Waals surface area contributed by atoms with Gasteiger partial charge in [0.25, 0.3) is 47.4 Å². The maximum atomic E-state index is 14.2. The molecule has 4 aliphatic heterocycles. The number of nitro groups is 1. The number of sulfone groups is 1. The molecule has 6 aliphatic rings. The number of nitro benzene ring substituents is 1. The van der Waals surface area contributed by atoms with Crippen LogP contribution in [0.3, 0.4) is 0 Å². The van der Waals surface area contributed by atoms with Crippen molar-refractivity contribution in [3.63, 3.8) is 0 Å². The van der Waals surface area contributed by atoms with E-state index in [1.54, 1.807) is 42.6 Å². The second-order valence-corrected chi connectivity index (χ2v) is 41.6. The summed E-state index contributed by atoms with van der Waals surface area (Å²) in [5, 5.41) is 20.4. The molecule has 0 saturated carbocycles. The van der Waals surface area contributed by atoms with E-state index in [0.717, 1.165) is 162 Å². The van der Waals surface area contributed by atoms with Crippen molar-refractivity contribution in [1.82, 2.24) is 34.1 Å². The molecule has 2 aliphatic carbocycles. The van der Waals surface area contributed by atoms with Gasteiger partial charge < -0.3 is 39.6 Å². The molecule has 126 heavy (non-hydrogen) atoms. The average molecular weight is 1840 g/mol. The number of hydrogen-bond donors (Lipinski definition) is 5. The number of amides is 2. The number of carbonyl (C=O) groups is 2. The quantitative estimate of drug-likeness (QED) is 0.0165. The number of ether oxygens (including phenoxy) is 3. The summed E-state index contributed by atoms with van der Waals surface area (Å²) in [6, 6.07) is 46.2. The van der Waals surface area contributed by atoms with E-state index < -0.39 is 84.2 Å². The monoisotopic (exact) mass is 1840 g/mol. The third-order valence-corrected chi connectivity index (χ3v) is 30.0. The molecule has 34 heteroatoms. The Hall–Kier alpha value is -9.58. The predicted molar refractivity (Wildman–Crippen MR) is 489 cm³/mol. The number of piperazine rings is 2. The van der Waals surface area contributed by atoms with Gasteiger partial charge in [-0.15, -0.1) is 11.8 Å². The van der Waals surface area contributed by atoms with E-state index in [1.165, 1.54) is 75.6 Å². The van der Waals surface area contributed by atoms with Crippen LogP contribution in [-0.2, 0) is 39.4 Å². The number of H-pyrrole nitrogens is 1. The van der Waals surface area contributed by atoms with Crippen molar-refractivity contribution < 1.29 is 67.1 Å². The van der Waals surface area contributed by atoms with Crippen LogP contribution in [0.25, 0.3) is 22.2 Å². The number of nitrogens with zero attached hydrogens (tertiary/aromatic N) is 7. The molecule has 9 aromatic rings. The number of rotatable bonds is 29. The minimum Gasteiger partial charge on any atom is -0.455 e. The Labute approximate surface area is 748 Å². The minimum atomic E-state index is -6.05. The molecule has 0 unspecified atom stereocenters. The van der Waals surface area contributed by atoms with Crippen LogP contribution in [0.15, 0.2) is 213 Å². The smallest absolute Gasteiger partial charge is 0.455 e. The lowest BCUT2D eigenvalue weighted by Gasteiger charge is -2.39. The number of carbonyl (C=O) groups excluding carboxylic acids is 2. The molecule has 1 atom stereocenters. The topological polar surface area (TPSA) is 300 Å². The van der Waals surface area contributed by atoms with Crippen molar-refractivity contribution in [3.8, 4) is 11.5 Å². The zero-order chi connectivity index (χ0) is 89.1. The Kier molecular flexibility index (Phi) is 29.7. The molecule has 25 nitrogen and oxygen atoms in total. The summed E-state index contributed by atoms with van der Waals surface area (Å²) in [6.07, 6.45) is 11.7. The fraction of sp³-hybridized carbons (Fsp3) is 0.402. The van der Waals surface area contributed by atoms with Crippen molar-refractivity contribution in [2.24, 2.45) is 16.7 Å². The van der Waals surface area contributed by atoms with E-state index >= 15 is 0 Å². The number of halogens is 5. The first-order valence-electron chi connectivity index (χ1n) is 42.3. The predicted octanol–water partition coefficient (Wildman–Crippen LogP) is 17.5. The first-order valence-corrected chi connectivity index (χ1v) is 48.5. The van der Waals surface area contributed by atoms with Gasteiger partial charge in [0, 0.05) is 172 Å². The average Bonchev–Trinajstić information content (AvgIpc) is 0.776. The number of fused-ring (bicyclic) bond motifs is 1. The Morgan fingerprint density at radius 2 is 1.21 bits per heavy atom. The van der Waals surface area contributed by atoms with Gasteiger partial charge in [-0.25, -0.2) is 39.7 Å². The van der Waals surface area contributed by atoms with Gasteiger partial charge in [-0.3, -0.25) is 34.4 Å². The number of pyridine rings is 1. The molecule has 670 valence electrons. The van der Waals surface area contributed by atoms with Crippen molar-refractivity contribution in [1.29, 1.82) is 0 Å². The van der Waals surface area contributed by atoms with Gasteiger partial charge in [-0.2, -0.15) is 13.2 Å². The van der Waals surface area contributed by atoms with Crippen molar-refractivity contribution >= 4 is 127 Å². The SMILES string of the molecule is CC1(C)CCC(CN2CCN(c3ccc(C(=O)NS(=O)(=O)c4ccc(NCC5CCOCC5)c([N+](=O)[O-])c4)c(Oc4cnc5[nH]ccc5c4)c3)CC2)=C(c2ccc(Cl)cc2)C1.CC1(C)CCC(c2ccc(Cl)cc2)=C(CN2CCN(c3ccc(C(=O)NS(=O)(=O)c4ccc(N[C@H](CCN5CCOCC5)CSc5ccccc5)c(S(=O)(=O)C(F)(F)F)c4)cc3)CC2)C1. The van der Waals surface area contributed by atoms with Crippen molar-refractivity contribution in [3.05, 3.63) is 236 Å².